The number of rotatable bonds is 9. The molecular weight excluding hydrogens is 352 g/mol. The first-order valence-electron chi connectivity index (χ1n) is 10.5. The lowest BCUT2D eigenvalue weighted by Crippen LogP contribution is -2.19. The Hall–Kier alpha value is -2.98. The van der Waals surface area contributed by atoms with Crippen LogP contribution >= 0.6 is 0 Å². The van der Waals surface area contributed by atoms with Crippen LogP contribution in [0.3, 0.4) is 0 Å². The fourth-order valence-corrected chi connectivity index (χ4v) is 3.66. The highest BCUT2D eigenvalue weighted by Gasteiger charge is 2.23. The third kappa shape index (κ3) is 5.75. The van der Waals surface area contributed by atoms with Gasteiger partial charge in [0.2, 0.25) is 0 Å². The van der Waals surface area contributed by atoms with E-state index in [4.69, 9.17) is 11.2 Å². The average molecular weight is 383 g/mol. The lowest BCUT2D eigenvalue weighted by Gasteiger charge is -2.24. The molecule has 3 rings (SSSR count). The molecule has 0 saturated heterocycles. The highest BCUT2D eigenvalue weighted by atomic mass is 16.5. The van der Waals surface area contributed by atoms with Crippen LogP contribution in [-0.4, -0.2) is 0 Å². The van der Waals surface area contributed by atoms with Crippen molar-refractivity contribution in [1.82, 2.24) is 0 Å². The van der Waals surface area contributed by atoms with Crippen molar-refractivity contribution in [1.29, 1.82) is 0 Å². The zero-order valence-electron chi connectivity index (χ0n) is 17.5. The Bertz CT molecular complexity index is 934. The molecule has 148 valence electrons. The van der Waals surface area contributed by atoms with Crippen LogP contribution < -0.4 is 4.74 Å². The van der Waals surface area contributed by atoms with E-state index in [0.717, 1.165) is 37.2 Å². The maximum Gasteiger partial charge on any atom is 0.127 e. The average Bonchev–Trinajstić information content (AvgIpc) is 2.75. The standard InChI is InChI=1S/C28H30O/c1-4-11-23-17-19-25(20-18-23)28(3,5-2)21-10-13-24-12-9-16-27(22-24)29-26-14-7-6-8-15-26/h2,6-9,12,14-20,22H,4,10-11,13,21H2,1,3H3. The zero-order chi connectivity index (χ0) is 20.5. The van der Waals surface area contributed by atoms with Gasteiger partial charge in [0.1, 0.15) is 11.5 Å². The van der Waals surface area contributed by atoms with E-state index in [0.29, 0.717) is 0 Å². The third-order valence-corrected chi connectivity index (χ3v) is 5.47. The Labute approximate surface area is 175 Å². The molecule has 0 N–H and O–H groups in total. The smallest absolute Gasteiger partial charge is 0.127 e. The summed E-state index contributed by atoms with van der Waals surface area (Å²) < 4.78 is 5.96. The molecule has 0 aliphatic rings. The van der Waals surface area contributed by atoms with Crippen molar-refractivity contribution in [2.45, 2.75) is 51.4 Å². The Morgan fingerprint density at radius 1 is 0.828 bits per heavy atom. The molecule has 1 atom stereocenters. The lowest BCUT2D eigenvalue weighted by atomic mass is 9.78. The van der Waals surface area contributed by atoms with Crippen LogP contribution in [0.4, 0.5) is 0 Å². The second-order valence-electron chi connectivity index (χ2n) is 7.84. The van der Waals surface area contributed by atoms with Gasteiger partial charge in [-0.3, -0.25) is 0 Å². The summed E-state index contributed by atoms with van der Waals surface area (Å²) in [5.74, 6) is 4.78. The minimum absolute atomic E-state index is 0.233. The molecule has 0 aliphatic carbocycles. The van der Waals surface area contributed by atoms with Crippen LogP contribution in [0.15, 0.2) is 78.9 Å². The number of benzene rings is 3. The van der Waals surface area contributed by atoms with Gasteiger partial charge in [0.05, 0.1) is 5.41 Å². The molecule has 0 fully saturated rings. The molecule has 0 aliphatic heterocycles. The molecule has 1 heteroatoms. The van der Waals surface area contributed by atoms with Crippen LogP contribution in [0.25, 0.3) is 0 Å². The quantitative estimate of drug-likeness (QED) is 0.352. The number of hydrogen-bond acceptors (Lipinski definition) is 1. The number of aryl methyl sites for hydroxylation is 2. The van der Waals surface area contributed by atoms with Crippen molar-refractivity contribution in [3.63, 3.8) is 0 Å². The van der Waals surface area contributed by atoms with E-state index in [1.165, 1.54) is 23.1 Å². The van der Waals surface area contributed by atoms with Gasteiger partial charge in [-0.1, -0.05) is 73.9 Å². The zero-order valence-corrected chi connectivity index (χ0v) is 17.5. The summed E-state index contributed by atoms with van der Waals surface area (Å²) in [7, 11) is 0. The van der Waals surface area contributed by atoms with Gasteiger partial charge in [0, 0.05) is 0 Å². The topological polar surface area (TPSA) is 9.23 Å². The minimum atomic E-state index is -0.233. The summed E-state index contributed by atoms with van der Waals surface area (Å²) >= 11 is 0. The van der Waals surface area contributed by atoms with Crippen LogP contribution in [0, 0.1) is 12.3 Å². The number of para-hydroxylation sites is 1. The first-order valence-corrected chi connectivity index (χ1v) is 10.5. The predicted molar refractivity (Wildman–Crippen MR) is 123 cm³/mol. The van der Waals surface area contributed by atoms with Crippen LogP contribution in [-0.2, 0) is 18.3 Å². The predicted octanol–water partition coefficient (Wildman–Crippen LogP) is 7.35. The van der Waals surface area contributed by atoms with Crippen molar-refractivity contribution in [2.24, 2.45) is 0 Å². The van der Waals surface area contributed by atoms with Gasteiger partial charge < -0.3 is 4.74 Å². The fourth-order valence-electron chi connectivity index (χ4n) is 3.66. The summed E-state index contributed by atoms with van der Waals surface area (Å²) in [4.78, 5) is 0. The molecule has 3 aromatic rings. The molecule has 1 nitrogen and oxygen atoms in total. The maximum atomic E-state index is 5.96. The van der Waals surface area contributed by atoms with Gasteiger partial charge in [-0.05, 0) is 73.6 Å². The summed E-state index contributed by atoms with van der Waals surface area (Å²) in [6.07, 6.45) is 11.2. The van der Waals surface area contributed by atoms with Crippen molar-refractivity contribution < 1.29 is 4.74 Å². The molecule has 0 radical (unpaired) electrons. The van der Waals surface area contributed by atoms with Crippen molar-refractivity contribution in [3.05, 3.63) is 95.6 Å². The second kappa shape index (κ2) is 9.99. The first-order chi connectivity index (χ1) is 14.1. The summed E-state index contributed by atoms with van der Waals surface area (Å²) in [5, 5.41) is 0. The summed E-state index contributed by atoms with van der Waals surface area (Å²) in [6, 6.07) is 27.1. The van der Waals surface area contributed by atoms with Gasteiger partial charge in [-0.25, -0.2) is 0 Å². The van der Waals surface area contributed by atoms with E-state index >= 15 is 0 Å². The van der Waals surface area contributed by atoms with Crippen molar-refractivity contribution in [2.75, 3.05) is 0 Å². The molecule has 29 heavy (non-hydrogen) atoms. The molecular formula is C28H30O. The Morgan fingerprint density at radius 2 is 1.55 bits per heavy atom. The van der Waals surface area contributed by atoms with E-state index in [9.17, 15) is 0 Å². The molecule has 0 saturated carbocycles. The minimum Gasteiger partial charge on any atom is -0.457 e. The van der Waals surface area contributed by atoms with E-state index in [2.05, 4.69) is 62.2 Å². The molecule has 0 aromatic heterocycles. The second-order valence-corrected chi connectivity index (χ2v) is 7.84. The van der Waals surface area contributed by atoms with E-state index in [1.807, 2.05) is 36.4 Å². The van der Waals surface area contributed by atoms with Gasteiger partial charge in [0.15, 0.2) is 0 Å². The van der Waals surface area contributed by atoms with E-state index < -0.39 is 0 Å². The van der Waals surface area contributed by atoms with Crippen LogP contribution in [0.2, 0.25) is 0 Å². The number of ether oxygens (including phenoxy) is 1. The highest BCUT2D eigenvalue weighted by molar-refractivity contribution is 5.36. The lowest BCUT2D eigenvalue weighted by molar-refractivity contribution is 0.481. The Kier molecular flexibility index (Phi) is 7.14. The normalized spacial score (nSPS) is 12.7. The molecule has 0 spiro atoms. The molecule has 0 amide bonds. The van der Waals surface area contributed by atoms with Gasteiger partial charge in [0.25, 0.3) is 0 Å². The molecule has 1 unspecified atom stereocenters. The van der Waals surface area contributed by atoms with Gasteiger partial charge in [-0.2, -0.15) is 0 Å². The molecule has 0 bridgehead atoms. The third-order valence-electron chi connectivity index (χ3n) is 5.47. The monoisotopic (exact) mass is 382 g/mol. The SMILES string of the molecule is C#CC(C)(CCCc1cccc(Oc2ccccc2)c1)c1ccc(CCC)cc1. The largest absolute Gasteiger partial charge is 0.457 e. The van der Waals surface area contributed by atoms with Crippen LogP contribution in [0.5, 0.6) is 11.5 Å². The summed E-state index contributed by atoms with van der Waals surface area (Å²) in [5.41, 5.74) is 3.66. The first kappa shape index (κ1) is 20.7. The highest BCUT2D eigenvalue weighted by Crippen LogP contribution is 2.30. The van der Waals surface area contributed by atoms with Crippen LogP contribution in [0.1, 0.15) is 49.8 Å². The van der Waals surface area contributed by atoms with Crippen molar-refractivity contribution in [3.8, 4) is 23.8 Å². The van der Waals surface area contributed by atoms with Gasteiger partial charge >= 0.3 is 0 Å². The van der Waals surface area contributed by atoms with E-state index in [-0.39, 0.29) is 5.41 Å². The van der Waals surface area contributed by atoms with E-state index in [1.54, 1.807) is 0 Å². The molecule has 0 heterocycles. The fraction of sp³-hybridized carbons (Fsp3) is 0.286. The maximum absolute atomic E-state index is 5.96. The Balaban J connectivity index is 1.60. The summed E-state index contributed by atoms with van der Waals surface area (Å²) in [6.45, 7) is 4.39. The van der Waals surface area contributed by atoms with Crippen molar-refractivity contribution >= 4 is 0 Å². The number of terminal acetylenes is 1. The Morgan fingerprint density at radius 3 is 2.24 bits per heavy atom. The van der Waals surface area contributed by atoms with Gasteiger partial charge in [-0.15, -0.1) is 6.42 Å². The number of hydrogen-bond donors (Lipinski definition) is 0. The molecule has 3 aromatic carbocycles.